The zero-order valence-electron chi connectivity index (χ0n) is 11.5. The Bertz CT molecular complexity index is 583. The van der Waals surface area contributed by atoms with Gasteiger partial charge in [0.2, 0.25) is 0 Å². The van der Waals surface area contributed by atoms with E-state index in [1.54, 1.807) is 11.3 Å². The van der Waals surface area contributed by atoms with Crippen molar-refractivity contribution < 1.29 is 5.11 Å². The van der Waals surface area contributed by atoms with Crippen LogP contribution in [0.4, 0.5) is 0 Å². The van der Waals surface area contributed by atoms with Crippen LogP contribution in [0.3, 0.4) is 0 Å². The summed E-state index contributed by atoms with van der Waals surface area (Å²) in [5, 5.41) is 8.70. The van der Waals surface area contributed by atoms with Crippen LogP contribution < -0.4 is 0 Å². The molecule has 0 aliphatic heterocycles. The molecule has 0 aliphatic rings. The number of hydrogen-bond acceptors (Lipinski definition) is 4. The van der Waals surface area contributed by atoms with Crippen molar-refractivity contribution in [2.24, 2.45) is 0 Å². The lowest BCUT2D eigenvalue weighted by atomic mass is 10.3. The Labute approximate surface area is 123 Å². The molecule has 0 bridgehead atoms. The largest absolute Gasteiger partial charge is 0.384 e. The third-order valence-corrected chi connectivity index (χ3v) is 3.88. The highest BCUT2D eigenvalue weighted by Gasteiger charge is 2.07. The molecule has 2 heterocycles. The Balaban J connectivity index is 1.97. The minimum Gasteiger partial charge on any atom is -0.384 e. The van der Waals surface area contributed by atoms with Crippen LogP contribution in [0, 0.1) is 11.8 Å². The molecule has 0 aromatic carbocycles. The predicted molar refractivity (Wildman–Crippen MR) is 82.3 cm³/mol. The van der Waals surface area contributed by atoms with Crippen LogP contribution in [0.25, 0.3) is 0 Å². The van der Waals surface area contributed by atoms with Crippen LogP contribution in [-0.2, 0) is 13.1 Å². The van der Waals surface area contributed by atoms with Gasteiger partial charge in [0, 0.05) is 24.2 Å². The SMILES string of the molecule is CCN(Cc1ccccn1)Cc1ccc(C#CCO)s1. The van der Waals surface area contributed by atoms with Crippen LogP contribution in [-0.4, -0.2) is 28.1 Å². The molecular weight excluding hydrogens is 268 g/mol. The van der Waals surface area contributed by atoms with Crippen LogP contribution in [0.2, 0.25) is 0 Å². The van der Waals surface area contributed by atoms with Crippen molar-refractivity contribution >= 4 is 11.3 Å². The first-order valence-corrected chi connectivity index (χ1v) is 7.44. The average Bonchev–Trinajstić information content (AvgIpc) is 2.93. The van der Waals surface area contributed by atoms with Crippen molar-refractivity contribution in [3.05, 3.63) is 52.0 Å². The molecule has 0 amide bonds. The summed E-state index contributed by atoms with van der Waals surface area (Å²) in [5.74, 6) is 5.62. The fraction of sp³-hybridized carbons (Fsp3) is 0.312. The zero-order valence-corrected chi connectivity index (χ0v) is 12.4. The summed E-state index contributed by atoms with van der Waals surface area (Å²) < 4.78 is 0. The molecule has 0 saturated heterocycles. The summed E-state index contributed by atoms with van der Waals surface area (Å²) in [6.07, 6.45) is 1.83. The maximum absolute atomic E-state index is 8.70. The number of thiophene rings is 1. The van der Waals surface area contributed by atoms with Gasteiger partial charge in [-0.1, -0.05) is 24.8 Å². The van der Waals surface area contributed by atoms with E-state index in [-0.39, 0.29) is 6.61 Å². The second-order valence-corrected chi connectivity index (χ2v) is 5.52. The molecule has 2 rings (SSSR count). The summed E-state index contributed by atoms with van der Waals surface area (Å²) >= 11 is 1.68. The summed E-state index contributed by atoms with van der Waals surface area (Å²) in [6.45, 7) is 4.80. The van der Waals surface area contributed by atoms with E-state index in [4.69, 9.17) is 5.11 Å². The lowest BCUT2D eigenvalue weighted by molar-refractivity contribution is 0.270. The van der Waals surface area contributed by atoms with E-state index in [1.807, 2.05) is 24.4 Å². The van der Waals surface area contributed by atoms with Crippen molar-refractivity contribution in [3.8, 4) is 11.8 Å². The van der Waals surface area contributed by atoms with Crippen molar-refractivity contribution in [1.29, 1.82) is 0 Å². The summed E-state index contributed by atoms with van der Waals surface area (Å²) in [6, 6.07) is 10.1. The van der Waals surface area contributed by atoms with Gasteiger partial charge >= 0.3 is 0 Å². The molecular formula is C16H18N2OS. The smallest absolute Gasteiger partial charge is 0.104 e. The van der Waals surface area contributed by atoms with Crippen molar-refractivity contribution in [3.63, 3.8) is 0 Å². The highest BCUT2D eigenvalue weighted by atomic mass is 32.1. The van der Waals surface area contributed by atoms with Gasteiger partial charge in [-0.25, -0.2) is 0 Å². The minimum absolute atomic E-state index is 0.0893. The third kappa shape index (κ3) is 4.46. The maximum atomic E-state index is 8.70. The number of nitrogens with zero attached hydrogens (tertiary/aromatic N) is 2. The zero-order chi connectivity index (χ0) is 14.2. The third-order valence-electron chi connectivity index (χ3n) is 2.89. The molecule has 1 N–H and O–H groups in total. The van der Waals surface area contributed by atoms with E-state index in [0.29, 0.717) is 0 Å². The molecule has 2 aromatic heterocycles. The molecule has 0 fully saturated rings. The van der Waals surface area contributed by atoms with Crippen molar-refractivity contribution in [1.82, 2.24) is 9.88 Å². The summed E-state index contributed by atoms with van der Waals surface area (Å²) in [4.78, 5) is 9.00. The summed E-state index contributed by atoms with van der Waals surface area (Å²) in [5.41, 5.74) is 1.09. The van der Waals surface area contributed by atoms with Gasteiger partial charge in [-0.05, 0) is 30.8 Å². The second kappa shape index (κ2) is 7.81. The first kappa shape index (κ1) is 14.7. The van der Waals surface area contributed by atoms with E-state index < -0.39 is 0 Å². The molecule has 104 valence electrons. The minimum atomic E-state index is -0.0893. The molecule has 2 aromatic rings. The van der Waals surface area contributed by atoms with Crippen LogP contribution in [0.5, 0.6) is 0 Å². The van der Waals surface area contributed by atoms with E-state index in [9.17, 15) is 0 Å². The van der Waals surface area contributed by atoms with Gasteiger partial charge in [0.15, 0.2) is 0 Å². The van der Waals surface area contributed by atoms with Gasteiger partial charge < -0.3 is 5.11 Å². The highest BCUT2D eigenvalue weighted by Crippen LogP contribution is 2.18. The Kier molecular flexibility index (Phi) is 5.75. The maximum Gasteiger partial charge on any atom is 0.104 e. The molecule has 3 nitrogen and oxygen atoms in total. The Morgan fingerprint density at radius 2 is 2.15 bits per heavy atom. The number of hydrogen-bond donors (Lipinski definition) is 1. The van der Waals surface area contributed by atoms with Gasteiger partial charge in [0.05, 0.1) is 10.6 Å². The molecule has 0 unspecified atom stereocenters. The standard InChI is InChI=1S/C16H18N2OS/c1-2-18(12-14-6-3-4-10-17-14)13-16-9-8-15(20-16)7-5-11-19/h3-4,6,8-10,19H,2,11-13H2,1H3. The number of rotatable bonds is 5. The van der Waals surface area contributed by atoms with Gasteiger partial charge in [-0.2, -0.15) is 0 Å². The van der Waals surface area contributed by atoms with Crippen molar-refractivity contribution in [2.75, 3.05) is 13.2 Å². The molecule has 0 atom stereocenters. The van der Waals surface area contributed by atoms with Crippen LogP contribution >= 0.6 is 11.3 Å². The molecule has 4 heteroatoms. The monoisotopic (exact) mass is 286 g/mol. The number of aliphatic hydroxyl groups excluding tert-OH is 1. The van der Waals surface area contributed by atoms with Gasteiger partial charge in [0.25, 0.3) is 0 Å². The number of aliphatic hydroxyl groups is 1. The van der Waals surface area contributed by atoms with E-state index in [2.05, 4.69) is 40.8 Å². The van der Waals surface area contributed by atoms with Crippen molar-refractivity contribution in [2.45, 2.75) is 20.0 Å². The molecule has 0 saturated carbocycles. The van der Waals surface area contributed by atoms with Crippen LogP contribution in [0.1, 0.15) is 22.4 Å². The lowest BCUT2D eigenvalue weighted by Gasteiger charge is -2.18. The van der Waals surface area contributed by atoms with Gasteiger partial charge in [0.1, 0.15) is 6.61 Å². The van der Waals surface area contributed by atoms with Gasteiger partial charge in [-0.15, -0.1) is 11.3 Å². The predicted octanol–water partition coefficient (Wildman–Crippen LogP) is 2.51. The van der Waals surface area contributed by atoms with Gasteiger partial charge in [-0.3, -0.25) is 9.88 Å². The van der Waals surface area contributed by atoms with E-state index in [0.717, 1.165) is 30.2 Å². The second-order valence-electron chi connectivity index (χ2n) is 4.35. The topological polar surface area (TPSA) is 36.4 Å². The Hall–Kier alpha value is -1.67. The lowest BCUT2D eigenvalue weighted by Crippen LogP contribution is -2.22. The van der Waals surface area contributed by atoms with E-state index in [1.165, 1.54) is 4.88 Å². The highest BCUT2D eigenvalue weighted by molar-refractivity contribution is 7.12. The molecule has 0 aliphatic carbocycles. The Morgan fingerprint density at radius 1 is 1.25 bits per heavy atom. The van der Waals surface area contributed by atoms with Crippen LogP contribution in [0.15, 0.2) is 36.5 Å². The number of aromatic nitrogens is 1. The van der Waals surface area contributed by atoms with E-state index >= 15 is 0 Å². The average molecular weight is 286 g/mol. The normalized spacial score (nSPS) is 10.3. The number of pyridine rings is 1. The summed E-state index contributed by atoms with van der Waals surface area (Å²) in [7, 11) is 0. The molecule has 20 heavy (non-hydrogen) atoms. The Morgan fingerprint density at radius 3 is 2.85 bits per heavy atom. The fourth-order valence-corrected chi connectivity index (χ4v) is 2.80. The quantitative estimate of drug-likeness (QED) is 0.858. The first-order chi connectivity index (χ1) is 9.81. The molecule has 0 radical (unpaired) electrons. The molecule has 0 spiro atoms. The fourth-order valence-electron chi connectivity index (χ4n) is 1.88. The first-order valence-electron chi connectivity index (χ1n) is 6.62.